The van der Waals surface area contributed by atoms with Crippen LogP contribution >= 0.6 is 0 Å². The fraction of sp³-hybridized carbons (Fsp3) is 0.222. The molecule has 4 nitrogen and oxygen atoms in total. The molecule has 0 saturated heterocycles. The number of nitrogens with zero attached hydrogens (tertiary/aromatic N) is 1. The van der Waals surface area contributed by atoms with Crippen LogP contribution in [-0.4, -0.2) is 15.9 Å². The Balaban J connectivity index is 1.43. The van der Waals surface area contributed by atoms with Gasteiger partial charge in [0.25, 0.3) is 0 Å². The number of H-pyrrole nitrogens is 1. The summed E-state index contributed by atoms with van der Waals surface area (Å²) in [6, 6.07) is 10.2. The maximum Gasteiger partial charge on any atom is 0.230 e. The molecule has 22 heavy (non-hydrogen) atoms. The molecule has 2 aliphatic rings. The summed E-state index contributed by atoms with van der Waals surface area (Å²) >= 11 is 0. The van der Waals surface area contributed by atoms with E-state index in [2.05, 4.69) is 33.5 Å². The van der Waals surface area contributed by atoms with Gasteiger partial charge in [-0.15, -0.1) is 0 Å². The quantitative estimate of drug-likeness (QED) is 0.911. The van der Waals surface area contributed by atoms with Crippen molar-refractivity contribution in [3.63, 3.8) is 0 Å². The van der Waals surface area contributed by atoms with E-state index in [1.807, 2.05) is 36.4 Å². The highest BCUT2D eigenvalue weighted by atomic mass is 16.2. The molecule has 1 fully saturated rings. The zero-order valence-corrected chi connectivity index (χ0v) is 12.1. The number of hydrogen-bond donors (Lipinski definition) is 2. The predicted molar refractivity (Wildman–Crippen MR) is 86.4 cm³/mol. The minimum atomic E-state index is 0.0530. The minimum absolute atomic E-state index is 0.0530. The average Bonchev–Trinajstić information content (AvgIpc) is 3.30. The van der Waals surface area contributed by atoms with Crippen LogP contribution in [0.1, 0.15) is 29.3 Å². The Labute approximate surface area is 129 Å². The van der Waals surface area contributed by atoms with E-state index in [0.29, 0.717) is 11.9 Å². The van der Waals surface area contributed by atoms with Gasteiger partial charge in [-0.2, -0.15) is 0 Å². The molecule has 0 aliphatic heterocycles. The summed E-state index contributed by atoms with van der Waals surface area (Å²) in [5.41, 5.74) is 3.18. The van der Waals surface area contributed by atoms with Crippen molar-refractivity contribution in [1.29, 1.82) is 0 Å². The SMILES string of the molecule is O=C(Nc1nc2c([nH]1)CC=CC=C2)C1CC1c1ccccc1. The van der Waals surface area contributed by atoms with E-state index in [4.69, 9.17) is 0 Å². The van der Waals surface area contributed by atoms with Gasteiger partial charge < -0.3 is 4.98 Å². The zero-order chi connectivity index (χ0) is 14.9. The first-order chi connectivity index (χ1) is 10.8. The van der Waals surface area contributed by atoms with E-state index in [-0.39, 0.29) is 11.8 Å². The zero-order valence-electron chi connectivity index (χ0n) is 12.1. The Morgan fingerprint density at radius 1 is 1.23 bits per heavy atom. The summed E-state index contributed by atoms with van der Waals surface area (Å²) in [5, 5.41) is 2.92. The second kappa shape index (κ2) is 5.30. The molecule has 2 unspecified atom stereocenters. The molecule has 1 aromatic heterocycles. The molecule has 4 heteroatoms. The molecule has 2 N–H and O–H groups in total. The van der Waals surface area contributed by atoms with Crippen LogP contribution in [0.4, 0.5) is 5.95 Å². The Morgan fingerprint density at radius 3 is 2.95 bits per heavy atom. The number of anilines is 1. The molecule has 2 atom stereocenters. The number of carbonyl (C=O) groups is 1. The Hall–Kier alpha value is -2.62. The predicted octanol–water partition coefficient (Wildman–Crippen LogP) is 3.28. The monoisotopic (exact) mass is 291 g/mol. The standard InChI is InChI=1S/C18H17N3O/c22-17(14-11-13(14)12-7-3-1-4-8-12)21-18-19-15-9-5-2-6-10-16(15)20-18/h1-9,13-14H,10-11H2,(H2,19,20,21,22). The third kappa shape index (κ3) is 2.48. The lowest BCUT2D eigenvalue weighted by Crippen LogP contribution is -2.15. The van der Waals surface area contributed by atoms with Crippen molar-refractivity contribution in [3.05, 3.63) is 65.5 Å². The second-order valence-electron chi connectivity index (χ2n) is 5.79. The van der Waals surface area contributed by atoms with E-state index < -0.39 is 0 Å². The van der Waals surface area contributed by atoms with Crippen molar-refractivity contribution in [3.8, 4) is 0 Å². The van der Waals surface area contributed by atoms with Crippen LogP contribution in [-0.2, 0) is 11.2 Å². The molecule has 1 heterocycles. The fourth-order valence-corrected chi connectivity index (χ4v) is 2.95. The summed E-state index contributed by atoms with van der Waals surface area (Å²) < 4.78 is 0. The number of fused-ring (bicyclic) bond motifs is 1. The number of allylic oxidation sites excluding steroid dienone is 3. The topological polar surface area (TPSA) is 57.8 Å². The van der Waals surface area contributed by atoms with Gasteiger partial charge >= 0.3 is 0 Å². The van der Waals surface area contributed by atoms with Crippen LogP contribution < -0.4 is 5.32 Å². The van der Waals surface area contributed by atoms with Gasteiger partial charge in [0.15, 0.2) is 0 Å². The lowest BCUT2D eigenvalue weighted by molar-refractivity contribution is -0.117. The number of nitrogens with one attached hydrogen (secondary N) is 2. The molecule has 110 valence electrons. The van der Waals surface area contributed by atoms with Gasteiger partial charge in [-0.1, -0.05) is 48.6 Å². The maximum atomic E-state index is 12.3. The van der Waals surface area contributed by atoms with E-state index in [9.17, 15) is 4.79 Å². The maximum absolute atomic E-state index is 12.3. The van der Waals surface area contributed by atoms with Crippen LogP contribution in [0.2, 0.25) is 0 Å². The summed E-state index contributed by atoms with van der Waals surface area (Å²) in [7, 11) is 0. The van der Waals surface area contributed by atoms with E-state index in [1.54, 1.807) is 0 Å². The molecule has 4 rings (SSSR count). The summed E-state index contributed by atoms with van der Waals surface area (Å²) in [4.78, 5) is 20.0. The number of carbonyl (C=O) groups excluding carboxylic acids is 1. The van der Waals surface area contributed by atoms with Crippen molar-refractivity contribution in [1.82, 2.24) is 9.97 Å². The number of aromatic amines is 1. The van der Waals surface area contributed by atoms with Gasteiger partial charge in [0.05, 0.1) is 5.69 Å². The number of aromatic nitrogens is 2. The van der Waals surface area contributed by atoms with Gasteiger partial charge in [0, 0.05) is 18.0 Å². The van der Waals surface area contributed by atoms with Crippen molar-refractivity contribution in [2.45, 2.75) is 18.8 Å². The third-order valence-electron chi connectivity index (χ3n) is 4.23. The van der Waals surface area contributed by atoms with Gasteiger partial charge in [-0.3, -0.25) is 10.1 Å². The second-order valence-corrected chi connectivity index (χ2v) is 5.79. The number of hydrogen-bond acceptors (Lipinski definition) is 2. The highest BCUT2D eigenvalue weighted by Crippen LogP contribution is 2.47. The first-order valence-corrected chi connectivity index (χ1v) is 7.59. The first-order valence-electron chi connectivity index (χ1n) is 7.59. The summed E-state index contributed by atoms with van der Waals surface area (Å²) in [5.74, 6) is 1.01. The molecule has 0 radical (unpaired) electrons. The van der Waals surface area contributed by atoms with Crippen LogP contribution in [0.3, 0.4) is 0 Å². The molecule has 2 aliphatic carbocycles. The third-order valence-corrected chi connectivity index (χ3v) is 4.23. The minimum Gasteiger partial charge on any atom is -0.327 e. The van der Waals surface area contributed by atoms with Crippen LogP contribution in [0.25, 0.3) is 6.08 Å². The summed E-state index contributed by atoms with van der Waals surface area (Å²) in [6.07, 6.45) is 9.71. The number of amides is 1. The van der Waals surface area contributed by atoms with Crippen LogP contribution in [0, 0.1) is 5.92 Å². The smallest absolute Gasteiger partial charge is 0.230 e. The molecule has 1 saturated carbocycles. The molecular formula is C18H17N3O. The Bertz CT molecular complexity index is 758. The normalized spacial score (nSPS) is 22.0. The molecule has 1 amide bonds. The van der Waals surface area contributed by atoms with Crippen molar-refractivity contribution in [2.24, 2.45) is 5.92 Å². The van der Waals surface area contributed by atoms with Crippen LogP contribution in [0.15, 0.2) is 48.6 Å². The van der Waals surface area contributed by atoms with Gasteiger partial charge in [-0.05, 0) is 24.0 Å². The van der Waals surface area contributed by atoms with Gasteiger partial charge in [0.2, 0.25) is 11.9 Å². The average molecular weight is 291 g/mol. The molecule has 0 bridgehead atoms. The lowest BCUT2D eigenvalue weighted by Gasteiger charge is -2.02. The highest BCUT2D eigenvalue weighted by Gasteiger charge is 2.44. The lowest BCUT2D eigenvalue weighted by atomic mass is 10.1. The number of benzene rings is 1. The van der Waals surface area contributed by atoms with Crippen LogP contribution in [0.5, 0.6) is 0 Å². The fourth-order valence-electron chi connectivity index (χ4n) is 2.95. The van der Waals surface area contributed by atoms with Gasteiger partial charge in [-0.25, -0.2) is 4.98 Å². The van der Waals surface area contributed by atoms with Crippen molar-refractivity contribution >= 4 is 17.9 Å². The van der Waals surface area contributed by atoms with Gasteiger partial charge in [0.1, 0.15) is 0 Å². The largest absolute Gasteiger partial charge is 0.327 e. The summed E-state index contributed by atoms with van der Waals surface area (Å²) in [6.45, 7) is 0. The highest BCUT2D eigenvalue weighted by molar-refractivity contribution is 5.94. The Kier molecular flexibility index (Phi) is 3.15. The van der Waals surface area contributed by atoms with Crippen molar-refractivity contribution < 1.29 is 4.79 Å². The first kappa shape index (κ1) is 13.1. The van der Waals surface area contributed by atoms with E-state index >= 15 is 0 Å². The van der Waals surface area contributed by atoms with E-state index in [0.717, 1.165) is 24.2 Å². The number of rotatable bonds is 3. The molecule has 1 aromatic carbocycles. The molecule has 2 aromatic rings. The molecular weight excluding hydrogens is 274 g/mol. The Morgan fingerprint density at radius 2 is 2.09 bits per heavy atom. The van der Waals surface area contributed by atoms with Crippen molar-refractivity contribution in [2.75, 3.05) is 5.32 Å². The molecule has 0 spiro atoms. The number of imidazole rings is 1. The van der Waals surface area contributed by atoms with E-state index in [1.165, 1.54) is 5.56 Å².